The van der Waals surface area contributed by atoms with Crippen molar-refractivity contribution in [2.45, 2.75) is 26.4 Å². The minimum absolute atomic E-state index is 0.500. The van der Waals surface area contributed by atoms with E-state index in [9.17, 15) is 25.2 Å². The average Bonchev–Trinajstić information content (AvgIpc) is 2.82. The van der Waals surface area contributed by atoms with Crippen LogP contribution in [-0.2, 0) is 0 Å². The summed E-state index contributed by atoms with van der Waals surface area (Å²) >= 11 is 0. The molecule has 0 atom stereocenters. The van der Waals surface area contributed by atoms with Gasteiger partial charge in [-0.05, 0) is 43.0 Å². The van der Waals surface area contributed by atoms with Crippen molar-refractivity contribution in [3.05, 3.63) is 18.3 Å². The number of rotatable bonds is 1. The van der Waals surface area contributed by atoms with E-state index in [0.29, 0.717) is 17.2 Å². The first-order valence-electron chi connectivity index (χ1n) is 7.89. The fourth-order valence-corrected chi connectivity index (χ4v) is 1.45. The molecule has 0 saturated heterocycles. The van der Waals surface area contributed by atoms with E-state index in [2.05, 4.69) is 15.3 Å². The van der Waals surface area contributed by atoms with Crippen molar-refractivity contribution in [3.63, 3.8) is 0 Å². The standard InChI is InChI=1S/C10H15N6O.C4H10O.F6P/c1-14(2)10(15(3)4)17-16-9-8(12-13-16)6-5-7-11-9;1-4(2,3)5;1-7(2,3,4,5)6/h5-7H,1-4H3;5H,1-3H3;/q+1;;-1. The van der Waals surface area contributed by atoms with Crippen molar-refractivity contribution in [3.8, 4) is 0 Å². The first-order chi connectivity index (χ1) is 12.5. The zero-order valence-corrected chi connectivity index (χ0v) is 17.9. The molecule has 170 valence electrons. The Morgan fingerprint density at radius 2 is 1.59 bits per heavy atom. The van der Waals surface area contributed by atoms with Gasteiger partial charge < -0.3 is 5.11 Å². The molecule has 0 aliphatic heterocycles. The zero-order chi connectivity index (χ0) is 23.3. The summed E-state index contributed by atoms with van der Waals surface area (Å²) in [5, 5.41) is 16.4. The van der Waals surface area contributed by atoms with Gasteiger partial charge >= 0.3 is 39.0 Å². The Morgan fingerprint density at radius 3 is 1.97 bits per heavy atom. The predicted octanol–water partition coefficient (Wildman–Crippen LogP) is 3.60. The summed E-state index contributed by atoms with van der Waals surface area (Å²) in [5.74, 6) is 0. The number of hydrogen-bond acceptors (Lipinski definition) is 5. The van der Waals surface area contributed by atoms with Crippen LogP contribution in [0, 0.1) is 0 Å². The first-order valence-corrected chi connectivity index (χ1v) is 9.92. The van der Waals surface area contributed by atoms with Gasteiger partial charge in [-0.15, -0.1) is 5.10 Å². The number of fused-ring (bicyclic) bond motifs is 1. The van der Waals surface area contributed by atoms with Gasteiger partial charge in [0.15, 0.2) is 0 Å². The van der Waals surface area contributed by atoms with Gasteiger partial charge in [0.2, 0.25) is 5.65 Å². The third kappa shape index (κ3) is 16.4. The second-order valence-electron chi connectivity index (χ2n) is 7.10. The predicted molar refractivity (Wildman–Crippen MR) is 98.2 cm³/mol. The number of hydrogen-bond donors (Lipinski definition) is 1. The van der Waals surface area contributed by atoms with E-state index in [0.717, 1.165) is 0 Å². The number of nitrogens with zero attached hydrogens (tertiary/aromatic N) is 6. The van der Waals surface area contributed by atoms with Crippen LogP contribution in [0.2, 0.25) is 0 Å². The van der Waals surface area contributed by atoms with Crippen LogP contribution in [-0.4, -0.2) is 74.5 Å². The molecule has 2 rings (SSSR count). The van der Waals surface area contributed by atoms with Crippen molar-refractivity contribution >= 4 is 25.0 Å². The Balaban J connectivity index is 0.000000543. The molecule has 0 spiro atoms. The van der Waals surface area contributed by atoms with E-state index < -0.39 is 13.4 Å². The summed E-state index contributed by atoms with van der Waals surface area (Å²) in [6.07, 6.45) is 1.68. The zero-order valence-electron chi connectivity index (χ0n) is 17.0. The summed E-state index contributed by atoms with van der Waals surface area (Å²) in [4.78, 5) is 13.0. The molecule has 0 aliphatic rings. The normalized spacial score (nSPS) is 13.7. The topological polar surface area (TPSA) is 79.3 Å². The summed E-state index contributed by atoms with van der Waals surface area (Å²) < 4.78 is 61.0. The van der Waals surface area contributed by atoms with E-state index in [-0.39, 0.29) is 0 Å². The monoisotopic (exact) mass is 454 g/mol. The molecule has 15 heteroatoms. The van der Waals surface area contributed by atoms with Gasteiger partial charge in [-0.1, -0.05) is 0 Å². The summed E-state index contributed by atoms with van der Waals surface area (Å²) in [6.45, 7) is 5.23. The van der Waals surface area contributed by atoms with E-state index in [1.54, 1.807) is 27.0 Å². The van der Waals surface area contributed by atoms with Crippen LogP contribution >= 0.6 is 7.81 Å². The van der Waals surface area contributed by atoms with Gasteiger partial charge in [0.1, 0.15) is 5.52 Å². The molecule has 2 aromatic heterocycles. The Labute approximate surface area is 163 Å². The van der Waals surface area contributed by atoms with Crippen molar-refractivity contribution in [2.24, 2.45) is 0 Å². The van der Waals surface area contributed by atoms with Crippen molar-refractivity contribution in [2.75, 3.05) is 28.2 Å². The Kier molecular flexibility index (Phi) is 7.64. The van der Waals surface area contributed by atoms with Crippen molar-refractivity contribution in [1.82, 2.24) is 25.0 Å². The fourth-order valence-electron chi connectivity index (χ4n) is 1.45. The molecule has 0 bridgehead atoms. The van der Waals surface area contributed by atoms with Gasteiger partial charge in [-0.2, -0.15) is 0 Å². The molecule has 0 aromatic carbocycles. The summed E-state index contributed by atoms with van der Waals surface area (Å²) in [5.41, 5.74) is 0.790. The fraction of sp³-hybridized carbons (Fsp3) is 0.571. The molecule has 0 unspecified atom stereocenters. The van der Waals surface area contributed by atoms with Crippen LogP contribution in [0.5, 0.6) is 0 Å². The number of amidine groups is 1. The molecule has 29 heavy (non-hydrogen) atoms. The Morgan fingerprint density at radius 1 is 1.14 bits per heavy atom. The van der Waals surface area contributed by atoms with Crippen LogP contribution in [0.25, 0.3) is 11.2 Å². The molecule has 0 aliphatic carbocycles. The maximum absolute atomic E-state index is 10.7. The molecule has 0 fully saturated rings. The number of pyridine rings is 1. The molecule has 8 nitrogen and oxygen atoms in total. The Bertz CT molecular complexity index is 824. The number of aromatic nitrogens is 4. The van der Waals surface area contributed by atoms with Crippen LogP contribution < -0.4 is 4.84 Å². The van der Waals surface area contributed by atoms with Crippen LogP contribution in [0.4, 0.5) is 25.2 Å². The molecular weight excluding hydrogens is 429 g/mol. The molecule has 0 saturated carbocycles. The van der Waals surface area contributed by atoms with Crippen LogP contribution in [0.15, 0.2) is 18.3 Å². The molecule has 1 N–H and O–H groups in total. The van der Waals surface area contributed by atoms with Gasteiger partial charge in [-0.25, -0.2) is 14.5 Å². The average molecular weight is 454 g/mol. The van der Waals surface area contributed by atoms with E-state index in [1.807, 2.05) is 49.8 Å². The van der Waals surface area contributed by atoms with E-state index in [1.165, 1.54) is 4.85 Å². The molecule has 2 aromatic rings. The second kappa shape index (κ2) is 8.27. The van der Waals surface area contributed by atoms with Gasteiger partial charge in [0.25, 0.3) is 0 Å². The maximum atomic E-state index is 9.87. The van der Waals surface area contributed by atoms with Crippen LogP contribution in [0.1, 0.15) is 20.8 Å². The number of halogens is 6. The quantitative estimate of drug-likeness (QED) is 0.233. The van der Waals surface area contributed by atoms with Crippen molar-refractivity contribution in [1.29, 1.82) is 0 Å². The molecular formula is C14H25F6N6O2P. The molecule has 2 heterocycles. The van der Waals surface area contributed by atoms with Gasteiger partial charge in [-0.3, -0.25) is 4.84 Å². The second-order valence-corrected chi connectivity index (χ2v) is 9.02. The van der Waals surface area contributed by atoms with E-state index in [4.69, 9.17) is 9.94 Å². The third-order valence-electron chi connectivity index (χ3n) is 2.11. The van der Waals surface area contributed by atoms with E-state index >= 15 is 0 Å². The Hall–Kier alpha value is -2.21. The number of aliphatic hydroxyl groups is 1. The SMILES string of the molecule is CC(C)(C)O.CN(C)C(On1nnc2cccnc21)=[N+](C)C.F[P-](F)(F)(F)(F)F. The first kappa shape index (κ1) is 26.8. The summed E-state index contributed by atoms with van der Waals surface area (Å²) in [7, 11) is -3.09. The van der Waals surface area contributed by atoms with Crippen molar-refractivity contribution < 1.29 is 39.7 Å². The molecule has 0 amide bonds. The minimum atomic E-state index is -10.7. The molecule has 0 radical (unpaired) electrons. The van der Waals surface area contributed by atoms with Gasteiger partial charge in [0, 0.05) is 6.20 Å². The van der Waals surface area contributed by atoms with Crippen LogP contribution in [0.3, 0.4) is 0 Å². The van der Waals surface area contributed by atoms with Gasteiger partial charge in [0.05, 0.1) is 33.8 Å². The third-order valence-corrected chi connectivity index (χ3v) is 2.11. The summed E-state index contributed by atoms with van der Waals surface area (Å²) in [6, 6.07) is 4.28.